The Hall–Kier alpha value is -2.37. The maximum atomic E-state index is 6.89. The minimum atomic E-state index is 0. The maximum Gasteiger partial charge on any atom is 0.119 e. The molecule has 0 radical (unpaired) electrons. The molecule has 4 rings (SSSR count). The van der Waals surface area contributed by atoms with Crippen molar-refractivity contribution in [1.29, 1.82) is 0 Å². The first-order valence-corrected chi connectivity index (χ1v) is 10.2. The number of nitrogens with zero attached hydrogens (tertiary/aromatic N) is 2. The summed E-state index contributed by atoms with van der Waals surface area (Å²) >= 11 is 19.4. The van der Waals surface area contributed by atoms with Gasteiger partial charge in [-0.1, -0.05) is 59.1 Å². The van der Waals surface area contributed by atoms with Gasteiger partial charge in [0, 0.05) is 21.2 Å². The van der Waals surface area contributed by atoms with E-state index in [0.717, 1.165) is 11.1 Å². The first-order chi connectivity index (χ1) is 14.5. The highest BCUT2D eigenvalue weighted by molar-refractivity contribution is 6.36. The molecule has 4 aromatic rings. The van der Waals surface area contributed by atoms with E-state index in [4.69, 9.17) is 49.4 Å². The molecular formula is C23H18Cl4N2O2. The predicted octanol–water partition coefficient (Wildman–Crippen LogP) is 7.61. The molecule has 8 heteroatoms. The van der Waals surface area contributed by atoms with Gasteiger partial charge in [-0.15, -0.1) is 12.4 Å². The molecule has 0 saturated heterocycles. The Balaban J connectivity index is 0.00000272. The predicted molar refractivity (Wildman–Crippen MR) is 130 cm³/mol. The standard InChI is InChI=1S/C23H17Cl3N2O2.ClH/c1-29-19-7-3-5-14(9-19)22-21(26)23(15-6-4-8-20(10-15)30-2)28(27-22)18-12-16(24)11-17(25)13-18;/h3-13H,1-2H3;1H. The molecule has 31 heavy (non-hydrogen) atoms. The Bertz CT molecular complexity index is 1200. The van der Waals surface area contributed by atoms with Crippen LogP contribution in [0.5, 0.6) is 11.5 Å². The SMILES string of the molecule is COc1cccc(-c2nn(-c3cc(Cl)cc(Cl)c3)c(-c3cccc(OC)c3)c2Cl)c1.Cl. The van der Waals surface area contributed by atoms with Gasteiger partial charge in [-0.05, 0) is 42.5 Å². The monoisotopic (exact) mass is 494 g/mol. The number of aromatic nitrogens is 2. The Labute approximate surface area is 201 Å². The summed E-state index contributed by atoms with van der Waals surface area (Å²) in [5.41, 5.74) is 3.69. The average Bonchev–Trinajstić information content (AvgIpc) is 3.10. The fourth-order valence-electron chi connectivity index (χ4n) is 3.22. The average molecular weight is 496 g/mol. The van der Waals surface area contributed by atoms with Crippen LogP contribution in [0.3, 0.4) is 0 Å². The van der Waals surface area contributed by atoms with Crippen molar-refractivity contribution < 1.29 is 9.47 Å². The number of methoxy groups -OCH3 is 2. The molecule has 0 N–H and O–H groups in total. The maximum absolute atomic E-state index is 6.89. The molecule has 0 amide bonds. The zero-order valence-corrected chi connectivity index (χ0v) is 19.7. The van der Waals surface area contributed by atoms with E-state index in [0.29, 0.717) is 43.6 Å². The van der Waals surface area contributed by atoms with Crippen LogP contribution in [-0.4, -0.2) is 24.0 Å². The lowest BCUT2D eigenvalue weighted by Crippen LogP contribution is -2.00. The van der Waals surface area contributed by atoms with E-state index < -0.39 is 0 Å². The van der Waals surface area contributed by atoms with Crippen molar-refractivity contribution in [2.24, 2.45) is 0 Å². The number of rotatable bonds is 5. The lowest BCUT2D eigenvalue weighted by Gasteiger charge is -2.10. The van der Waals surface area contributed by atoms with Crippen molar-refractivity contribution in [3.8, 4) is 39.7 Å². The zero-order valence-electron chi connectivity index (χ0n) is 16.6. The highest BCUT2D eigenvalue weighted by Gasteiger charge is 2.21. The van der Waals surface area contributed by atoms with Gasteiger partial charge < -0.3 is 9.47 Å². The van der Waals surface area contributed by atoms with Crippen molar-refractivity contribution in [3.05, 3.63) is 81.8 Å². The third-order valence-electron chi connectivity index (χ3n) is 4.61. The minimum absolute atomic E-state index is 0. The van der Waals surface area contributed by atoms with Gasteiger partial charge >= 0.3 is 0 Å². The van der Waals surface area contributed by atoms with Gasteiger partial charge in [0.25, 0.3) is 0 Å². The second kappa shape index (κ2) is 9.84. The van der Waals surface area contributed by atoms with Crippen molar-refractivity contribution in [2.75, 3.05) is 14.2 Å². The van der Waals surface area contributed by atoms with Gasteiger partial charge in [0.2, 0.25) is 0 Å². The van der Waals surface area contributed by atoms with E-state index in [2.05, 4.69) is 0 Å². The van der Waals surface area contributed by atoms with E-state index in [-0.39, 0.29) is 12.4 Å². The molecule has 0 aliphatic rings. The smallest absolute Gasteiger partial charge is 0.119 e. The van der Waals surface area contributed by atoms with Gasteiger partial charge in [-0.2, -0.15) is 5.10 Å². The van der Waals surface area contributed by atoms with Crippen molar-refractivity contribution in [2.45, 2.75) is 0 Å². The molecule has 0 fully saturated rings. The van der Waals surface area contributed by atoms with E-state index in [9.17, 15) is 0 Å². The Morgan fingerprint density at radius 3 is 1.87 bits per heavy atom. The van der Waals surface area contributed by atoms with Crippen LogP contribution in [0.1, 0.15) is 0 Å². The van der Waals surface area contributed by atoms with Crippen LogP contribution in [0.2, 0.25) is 15.1 Å². The van der Waals surface area contributed by atoms with Crippen molar-refractivity contribution >= 4 is 47.2 Å². The normalized spacial score (nSPS) is 10.5. The van der Waals surface area contributed by atoms with Crippen molar-refractivity contribution in [3.63, 3.8) is 0 Å². The molecule has 0 saturated carbocycles. The van der Waals surface area contributed by atoms with E-state index in [1.54, 1.807) is 37.1 Å². The first-order valence-electron chi connectivity index (χ1n) is 9.04. The van der Waals surface area contributed by atoms with Gasteiger partial charge in [0.1, 0.15) is 17.2 Å². The Morgan fingerprint density at radius 1 is 0.742 bits per heavy atom. The molecule has 0 bridgehead atoms. The summed E-state index contributed by atoms with van der Waals surface area (Å²) in [4.78, 5) is 0. The summed E-state index contributed by atoms with van der Waals surface area (Å²) in [5, 5.41) is 6.31. The lowest BCUT2D eigenvalue weighted by atomic mass is 10.1. The van der Waals surface area contributed by atoms with Gasteiger partial charge in [0.05, 0.1) is 30.6 Å². The Kier molecular flexibility index (Phi) is 7.39. The molecule has 160 valence electrons. The van der Waals surface area contributed by atoms with Crippen LogP contribution >= 0.6 is 47.2 Å². The number of hydrogen-bond acceptors (Lipinski definition) is 3. The van der Waals surface area contributed by atoms with Crippen LogP contribution in [0.15, 0.2) is 66.7 Å². The molecule has 1 aromatic heterocycles. The van der Waals surface area contributed by atoms with Gasteiger partial charge in [-0.3, -0.25) is 0 Å². The third-order valence-corrected chi connectivity index (χ3v) is 5.40. The highest BCUT2D eigenvalue weighted by Crippen LogP contribution is 2.40. The third kappa shape index (κ3) is 4.78. The summed E-state index contributed by atoms with van der Waals surface area (Å²) < 4.78 is 12.5. The number of ether oxygens (including phenoxy) is 2. The number of halogens is 4. The van der Waals surface area contributed by atoms with Gasteiger partial charge in [-0.25, -0.2) is 4.68 Å². The quantitative estimate of drug-likeness (QED) is 0.286. The molecule has 4 nitrogen and oxygen atoms in total. The molecule has 0 aliphatic carbocycles. The Morgan fingerprint density at radius 2 is 1.29 bits per heavy atom. The zero-order chi connectivity index (χ0) is 21.3. The molecule has 3 aromatic carbocycles. The van der Waals surface area contributed by atoms with E-state index in [1.807, 2.05) is 48.5 Å². The summed E-state index contributed by atoms with van der Waals surface area (Å²) in [6.07, 6.45) is 0. The summed E-state index contributed by atoms with van der Waals surface area (Å²) in [6.45, 7) is 0. The van der Waals surface area contributed by atoms with E-state index in [1.165, 1.54) is 0 Å². The molecule has 0 atom stereocenters. The topological polar surface area (TPSA) is 36.3 Å². The van der Waals surface area contributed by atoms with Crippen LogP contribution in [0.25, 0.3) is 28.2 Å². The largest absolute Gasteiger partial charge is 0.497 e. The second-order valence-electron chi connectivity index (χ2n) is 6.51. The first kappa shape index (κ1) is 23.3. The summed E-state index contributed by atoms with van der Waals surface area (Å²) in [5.74, 6) is 1.43. The fourth-order valence-corrected chi connectivity index (χ4v) is 4.07. The molecule has 0 unspecified atom stereocenters. The van der Waals surface area contributed by atoms with Crippen LogP contribution < -0.4 is 9.47 Å². The highest BCUT2D eigenvalue weighted by atomic mass is 35.5. The molecular weight excluding hydrogens is 478 g/mol. The van der Waals surface area contributed by atoms with E-state index >= 15 is 0 Å². The molecule has 1 heterocycles. The van der Waals surface area contributed by atoms with Crippen molar-refractivity contribution in [1.82, 2.24) is 9.78 Å². The van der Waals surface area contributed by atoms with Crippen LogP contribution in [-0.2, 0) is 0 Å². The molecule has 0 aliphatic heterocycles. The summed E-state index contributed by atoms with van der Waals surface area (Å²) in [6, 6.07) is 20.5. The minimum Gasteiger partial charge on any atom is -0.497 e. The fraction of sp³-hybridized carbons (Fsp3) is 0.0870. The lowest BCUT2D eigenvalue weighted by molar-refractivity contribution is 0.415. The van der Waals surface area contributed by atoms with Crippen LogP contribution in [0.4, 0.5) is 0 Å². The number of benzene rings is 3. The number of hydrogen-bond donors (Lipinski definition) is 0. The molecule has 0 spiro atoms. The van der Waals surface area contributed by atoms with Gasteiger partial charge in [0.15, 0.2) is 0 Å². The summed E-state index contributed by atoms with van der Waals surface area (Å²) in [7, 11) is 3.24. The van der Waals surface area contributed by atoms with Crippen LogP contribution in [0, 0.1) is 0 Å². The second-order valence-corrected chi connectivity index (χ2v) is 7.77.